The maximum atomic E-state index is 11.8. The maximum absolute atomic E-state index is 11.8. The molecule has 0 radical (unpaired) electrons. The number of ether oxygens (including phenoxy) is 3. The number of carbonyl (C=O) groups excluding carboxylic acids is 1. The predicted molar refractivity (Wildman–Crippen MR) is 136 cm³/mol. The second kappa shape index (κ2) is 11.5. The monoisotopic (exact) mass is 489 g/mol. The number of rotatable bonds is 9. The molecule has 0 aliphatic carbocycles. The lowest BCUT2D eigenvalue weighted by Crippen LogP contribution is -2.37. The number of carbonyl (C=O) groups is 1. The minimum atomic E-state index is -0.122. The summed E-state index contributed by atoms with van der Waals surface area (Å²) in [5.41, 5.74) is 4.14. The number of fused-ring (bicyclic) bond motifs is 1. The van der Waals surface area contributed by atoms with Gasteiger partial charge in [-0.25, -0.2) is 9.97 Å². The molecule has 1 fully saturated rings. The standard InChI is InChI=1S/C27H31N5O4/c1-28-27(33)19-6-8-21(9-7-19)29-26-23-17-35-18-24(23)30-25(31-26)20-4-2-5-22(16-20)36-13-3-10-32-11-14-34-15-12-32/h2,4-9,16H,3,10-15,17-18H2,1H3,(H,28,33)(H,29,30,31). The van der Waals surface area contributed by atoms with E-state index in [0.29, 0.717) is 37.0 Å². The van der Waals surface area contributed by atoms with Crippen molar-refractivity contribution in [2.24, 2.45) is 0 Å². The molecular weight excluding hydrogens is 458 g/mol. The fourth-order valence-electron chi connectivity index (χ4n) is 4.30. The molecule has 1 aromatic heterocycles. The van der Waals surface area contributed by atoms with Crippen molar-refractivity contribution in [2.45, 2.75) is 19.6 Å². The van der Waals surface area contributed by atoms with Gasteiger partial charge in [0.2, 0.25) is 0 Å². The Morgan fingerprint density at radius 3 is 2.69 bits per heavy atom. The van der Waals surface area contributed by atoms with Crippen LogP contribution in [0.3, 0.4) is 0 Å². The van der Waals surface area contributed by atoms with Crippen molar-refractivity contribution in [2.75, 3.05) is 51.8 Å². The normalized spacial score (nSPS) is 15.4. The van der Waals surface area contributed by atoms with Crippen molar-refractivity contribution >= 4 is 17.4 Å². The van der Waals surface area contributed by atoms with Gasteiger partial charge in [-0.15, -0.1) is 0 Å². The van der Waals surface area contributed by atoms with Gasteiger partial charge in [-0.05, 0) is 42.8 Å². The molecule has 0 bridgehead atoms. The summed E-state index contributed by atoms with van der Waals surface area (Å²) in [6, 6.07) is 15.2. The van der Waals surface area contributed by atoms with Crippen molar-refractivity contribution in [1.82, 2.24) is 20.2 Å². The molecule has 3 heterocycles. The van der Waals surface area contributed by atoms with E-state index in [4.69, 9.17) is 24.2 Å². The zero-order chi connectivity index (χ0) is 24.7. The highest BCUT2D eigenvalue weighted by atomic mass is 16.5. The molecule has 5 rings (SSSR count). The smallest absolute Gasteiger partial charge is 0.251 e. The summed E-state index contributed by atoms with van der Waals surface area (Å²) in [6.45, 7) is 6.18. The quantitative estimate of drug-likeness (QED) is 0.442. The third-order valence-electron chi connectivity index (χ3n) is 6.30. The van der Waals surface area contributed by atoms with Crippen LogP contribution in [-0.2, 0) is 22.7 Å². The molecule has 0 saturated carbocycles. The fourth-order valence-corrected chi connectivity index (χ4v) is 4.30. The van der Waals surface area contributed by atoms with Crippen LogP contribution in [0.1, 0.15) is 28.0 Å². The summed E-state index contributed by atoms with van der Waals surface area (Å²) < 4.78 is 17.1. The molecule has 2 aromatic carbocycles. The van der Waals surface area contributed by atoms with Gasteiger partial charge in [0, 0.05) is 49.1 Å². The van der Waals surface area contributed by atoms with Gasteiger partial charge in [0.25, 0.3) is 5.91 Å². The Bertz CT molecular complexity index is 1200. The van der Waals surface area contributed by atoms with Crippen LogP contribution in [0.5, 0.6) is 5.75 Å². The molecule has 2 N–H and O–H groups in total. The molecule has 188 valence electrons. The molecular formula is C27H31N5O4. The number of morpholine rings is 1. The van der Waals surface area contributed by atoms with Crippen LogP contribution >= 0.6 is 0 Å². The molecule has 9 heteroatoms. The summed E-state index contributed by atoms with van der Waals surface area (Å²) in [4.78, 5) is 23.8. The second-order valence-electron chi connectivity index (χ2n) is 8.78. The number of hydrogen-bond donors (Lipinski definition) is 2. The Labute approximate surface area is 210 Å². The zero-order valence-electron chi connectivity index (χ0n) is 20.5. The molecule has 0 unspecified atom stereocenters. The van der Waals surface area contributed by atoms with E-state index < -0.39 is 0 Å². The van der Waals surface area contributed by atoms with E-state index in [0.717, 1.165) is 67.5 Å². The Hall–Kier alpha value is -3.53. The molecule has 3 aromatic rings. The lowest BCUT2D eigenvalue weighted by Gasteiger charge is -2.26. The van der Waals surface area contributed by atoms with Gasteiger partial charge >= 0.3 is 0 Å². The Kier molecular flexibility index (Phi) is 7.70. The molecule has 1 amide bonds. The number of aromatic nitrogens is 2. The van der Waals surface area contributed by atoms with E-state index in [1.807, 2.05) is 36.4 Å². The van der Waals surface area contributed by atoms with Crippen molar-refractivity contribution in [1.29, 1.82) is 0 Å². The minimum Gasteiger partial charge on any atom is -0.494 e. The first-order valence-corrected chi connectivity index (χ1v) is 12.3. The minimum absolute atomic E-state index is 0.122. The lowest BCUT2D eigenvalue weighted by molar-refractivity contribution is 0.0358. The third-order valence-corrected chi connectivity index (χ3v) is 6.30. The lowest BCUT2D eigenvalue weighted by atomic mass is 10.1. The highest BCUT2D eigenvalue weighted by Gasteiger charge is 2.21. The number of amides is 1. The van der Waals surface area contributed by atoms with Crippen LogP contribution in [0.25, 0.3) is 11.4 Å². The summed E-state index contributed by atoms with van der Waals surface area (Å²) in [5.74, 6) is 2.00. The number of anilines is 2. The number of hydrogen-bond acceptors (Lipinski definition) is 8. The highest BCUT2D eigenvalue weighted by molar-refractivity contribution is 5.94. The molecule has 2 aliphatic rings. The highest BCUT2D eigenvalue weighted by Crippen LogP contribution is 2.31. The van der Waals surface area contributed by atoms with E-state index in [1.54, 1.807) is 19.2 Å². The van der Waals surface area contributed by atoms with E-state index in [9.17, 15) is 4.79 Å². The predicted octanol–water partition coefficient (Wildman–Crippen LogP) is 3.38. The maximum Gasteiger partial charge on any atom is 0.251 e. The number of nitrogens with one attached hydrogen (secondary N) is 2. The zero-order valence-corrected chi connectivity index (χ0v) is 20.5. The van der Waals surface area contributed by atoms with Gasteiger partial charge < -0.3 is 24.8 Å². The molecule has 2 aliphatic heterocycles. The Balaban J connectivity index is 1.28. The van der Waals surface area contributed by atoms with E-state index >= 15 is 0 Å². The third kappa shape index (κ3) is 5.81. The molecule has 0 spiro atoms. The topological polar surface area (TPSA) is 97.8 Å². The van der Waals surface area contributed by atoms with Crippen LogP contribution in [0, 0.1) is 0 Å². The van der Waals surface area contributed by atoms with Crippen LogP contribution in [0.15, 0.2) is 48.5 Å². The van der Waals surface area contributed by atoms with Gasteiger partial charge in [-0.1, -0.05) is 12.1 Å². The fraction of sp³-hybridized carbons (Fsp3) is 0.370. The van der Waals surface area contributed by atoms with Crippen molar-refractivity contribution < 1.29 is 19.0 Å². The molecule has 0 atom stereocenters. The van der Waals surface area contributed by atoms with Crippen molar-refractivity contribution in [3.05, 3.63) is 65.4 Å². The first-order valence-electron chi connectivity index (χ1n) is 12.3. The van der Waals surface area contributed by atoms with Crippen LogP contribution in [0.2, 0.25) is 0 Å². The number of nitrogens with zero attached hydrogens (tertiary/aromatic N) is 3. The van der Waals surface area contributed by atoms with Crippen LogP contribution < -0.4 is 15.4 Å². The van der Waals surface area contributed by atoms with Crippen molar-refractivity contribution in [3.8, 4) is 17.1 Å². The average molecular weight is 490 g/mol. The Morgan fingerprint density at radius 1 is 1.06 bits per heavy atom. The van der Waals surface area contributed by atoms with Gasteiger partial charge in [-0.3, -0.25) is 9.69 Å². The average Bonchev–Trinajstić information content (AvgIpc) is 3.41. The molecule has 36 heavy (non-hydrogen) atoms. The van der Waals surface area contributed by atoms with E-state index in [-0.39, 0.29) is 5.91 Å². The van der Waals surface area contributed by atoms with Gasteiger partial charge in [0.1, 0.15) is 11.6 Å². The van der Waals surface area contributed by atoms with E-state index in [1.165, 1.54) is 0 Å². The molecule has 1 saturated heterocycles. The SMILES string of the molecule is CNC(=O)c1ccc(Nc2nc(-c3cccc(OCCCN4CCOCC4)c3)nc3c2COC3)cc1. The van der Waals surface area contributed by atoms with Gasteiger partial charge in [-0.2, -0.15) is 0 Å². The van der Waals surface area contributed by atoms with Crippen LogP contribution in [-0.4, -0.2) is 67.3 Å². The first kappa shape index (κ1) is 24.2. The Morgan fingerprint density at radius 2 is 1.89 bits per heavy atom. The molecule has 9 nitrogen and oxygen atoms in total. The van der Waals surface area contributed by atoms with Gasteiger partial charge in [0.05, 0.1) is 38.7 Å². The summed E-state index contributed by atoms with van der Waals surface area (Å²) in [5, 5.41) is 6.01. The summed E-state index contributed by atoms with van der Waals surface area (Å²) >= 11 is 0. The second-order valence-corrected chi connectivity index (χ2v) is 8.78. The van der Waals surface area contributed by atoms with Crippen LogP contribution in [0.4, 0.5) is 11.5 Å². The van der Waals surface area contributed by atoms with E-state index in [2.05, 4.69) is 15.5 Å². The summed E-state index contributed by atoms with van der Waals surface area (Å²) in [6.07, 6.45) is 0.962. The first-order chi connectivity index (χ1) is 17.7. The van der Waals surface area contributed by atoms with Gasteiger partial charge in [0.15, 0.2) is 5.82 Å². The summed E-state index contributed by atoms with van der Waals surface area (Å²) in [7, 11) is 1.62. The van der Waals surface area contributed by atoms with Crippen molar-refractivity contribution in [3.63, 3.8) is 0 Å². The number of benzene rings is 2. The largest absolute Gasteiger partial charge is 0.494 e.